The van der Waals surface area contributed by atoms with Crippen molar-refractivity contribution in [3.05, 3.63) is 65.2 Å². The molecule has 5 rings (SSSR count). The first kappa shape index (κ1) is 19.9. The quantitative estimate of drug-likeness (QED) is 0.603. The molecule has 3 aromatic rings. The van der Waals surface area contributed by atoms with E-state index in [-0.39, 0.29) is 0 Å². The van der Waals surface area contributed by atoms with Crippen LogP contribution >= 0.6 is 11.3 Å². The van der Waals surface area contributed by atoms with Gasteiger partial charge in [-0.2, -0.15) is 5.26 Å². The van der Waals surface area contributed by atoms with Crippen molar-refractivity contribution < 1.29 is 5.11 Å². The van der Waals surface area contributed by atoms with Gasteiger partial charge in [-0.15, -0.1) is 0 Å². The zero-order chi connectivity index (χ0) is 21.2. The van der Waals surface area contributed by atoms with Gasteiger partial charge in [0.25, 0.3) is 0 Å². The maximum atomic E-state index is 11.1. The van der Waals surface area contributed by atoms with E-state index < -0.39 is 6.23 Å². The minimum absolute atomic E-state index is 0.337. The lowest BCUT2D eigenvalue weighted by molar-refractivity contribution is 0.0389. The molecule has 3 heterocycles. The first-order valence-electron chi connectivity index (χ1n) is 10.6. The highest BCUT2D eigenvalue weighted by Crippen LogP contribution is 2.33. The SMILES string of the molecule is N#C/C(=C1/NC(=Nc2nc3ccccc3s2)c2ccccc21)C(O)N1CCCCCC1. The van der Waals surface area contributed by atoms with E-state index in [2.05, 4.69) is 16.4 Å². The fourth-order valence-corrected chi connectivity index (χ4v) is 5.07. The van der Waals surface area contributed by atoms with Crippen LogP contribution in [0.3, 0.4) is 0 Å². The first-order valence-corrected chi connectivity index (χ1v) is 11.4. The predicted molar refractivity (Wildman–Crippen MR) is 124 cm³/mol. The molecule has 1 unspecified atom stereocenters. The van der Waals surface area contributed by atoms with Crippen LogP contribution in [0.4, 0.5) is 5.13 Å². The van der Waals surface area contributed by atoms with Gasteiger partial charge in [0.2, 0.25) is 5.13 Å². The third kappa shape index (κ3) is 3.86. The molecular weight excluding hydrogens is 406 g/mol. The molecule has 2 aliphatic rings. The first-order chi connectivity index (χ1) is 15.2. The molecule has 7 heteroatoms. The van der Waals surface area contributed by atoms with E-state index in [4.69, 9.17) is 4.99 Å². The zero-order valence-corrected chi connectivity index (χ0v) is 17.9. The Bertz CT molecular complexity index is 1180. The average Bonchev–Trinajstić information content (AvgIpc) is 3.24. The van der Waals surface area contributed by atoms with Crippen molar-refractivity contribution in [1.29, 1.82) is 5.26 Å². The summed E-state index contributed by atoms with van der Waals surface area (Å²) in [6.07, 6.45) is 3.49. The Hall–Kier alpha value is -3.05. The summed E-state index contributed by atoms with van der Waals surface area (Å²) in [6.45, 7) is 1.60. The molecule has 0 bridgehead atoms. The van der Waals surface area contributed by atoms with Crippen LogP contribution < -0.4 is 5.32 Å². The Morgan fingerprint density at radius 3 is 2.52 bits per heavy atom. The predicted octanol–water partition coefficient (Wildman–Crippen LogP) is 4.41. The zero-order valence-electron chi connectivity index (χ0n) is 17.1. The summed E-state index contributed by atoms with van der Waals surface area (Å²) in [6, 6.07) is 18.1. The van der Waals surface area contributed by atoms with Crippen LogP contribution in [0.5, 0.6) is 0 Å². The van der Waals surface area contributed by atoms with Gasteiger partial charge in [0, 0.05) is 24.2 Å². The number of amidine groups is 1. The summed E-state index contributed by atoms with van der Waals surface area (Å²) >= 11 is 1.53. The van der Waals surface area contributed by atoms with Gasteiger partial charge < -0.3 is 10.4 Å². The highest BCUT2D eigenvalue weighted by molar-refractivity contribution is 7.22. The van der Waals surface area contributed by atoms with Crippen molar-refractivity contribution in [3.8, 4) is 6.07 Å². The lowest BCUT2D eigenvalue weighted by Gasteiger charge is -2.26. The van der Waals surface area contributed by atoms with Crippen LogP contribution in [0, 0.1) is 11.3 Å². The van der Waals surface area contributed by atoms with Crippen molar-refractivity contribution in [2.45, 2.75) is 31.9 Å². The number of aromatic nitrogens is 1. The summed E-state index contributed by atoms with van der Waals surface area (Å²) in [5, 5.41) is 25.0. The van der Waals surface area contributed by atoms with Gasteiger partial charge in [0.05, 0.1) is 21.5 Å². The van der Waals surface area contributed by atoms with Crippen molar-refractivity contribution in [1.82, 2.24) is 15.2 Å². The molecule has 31 heavy (non-hydrogen) atoms. The van der Waals surface area contributed by atoms with Crippen LogP contribution in [0.15, 0.2) is 59.1 Å². The molecule has 1 fully saturated rings. The van der Waals surface area contributed by atoms with Crippen LogP contribution in [-0.4, -0.2) is 40.1 Å². The number of aliphatic hydroxyl groups excluding tert-OH is 1. The molecule has 6 nitrogen and oxygen atoms in total. The van der Waals surface area contributed by atoms with Gasteiger partial charge in [-0.1, -0.05) is 60.6 Å². The molecule has 0 spiro atoms. The highest BCUT2D eigenvalue weighted by Gasteiger charge is 2.30. The minimum atomic E-state index is -0.930. The van der Waals surface area contributed by atoms with Crippen molar-refractivity contribution >= 4 is 38.2 Å². The van der Waals surface area contributed by atoms with Crippen molar-refractivity contribution in [2.75, 3.05) is 13.1 Å². The third-order valence-electron chi connectivity index (χ3n) is 5.82. The standard InChI is InChI=1S/C24H23N5OS/c25-15-18(23(30)29-13-7-1-2-8-14-29)21-16-9-3-4-10-17(16)22(27-21)28-24-26-19-11-5-6-12-20(19)31-24/h3-6,9-12,23,30H,1-2,7-8,13-14H2,(H,26,27,28)/b21-18-. The second-order valence-electron chi connectivity index (χ2n) is 7.82. The minimum Gasteiger partial charge on any atom is -0.373 e. The van der Waals surface area contributed by atoms with Crippen molar-refractivity contribution in [3.63, 3.8) is 0 Å². The molecule has 2 aliphatic heterocycles. The number of rotatable bonds is 3. The van der Waals surface area contributed by atoms with Crippen LogP contribution in [0.25, 0.3) is 15.9 Å². The molecule has 1 saturated heterocycles. The molecule has 1 aromatic heterocycles. The van der Waals surface area contributed by atoms with E-state index in [0.717, 1.165) is 47.3 Å². The van der Waals surface area contributed by atoms with Crippen molar-refractivity contribution in [2.24, 2.45) is 4.99 Å². The van der Waals surface area contributed by atoms with Gasteiger partial charge in [0.15, 0.2) is 0 Å². The van der Waals surface area contributed by atoms with Gasteiger partial charge in [-0.05, 0) is 25.0 Å². The summed E-state index contributed by atoms with van der Waals surface area (Å²) in [5.74, 6) is 0.653. The molecular formula is C24H23N5OS. The molecule has 0 aliphatic carbocycles. The number of aliphatic hydroxyl groups is 1. The number of nitrogens with zero attached hydrogens (tertiary/aromatic N) is 4. The van der Waals surface area contributed by atoms with E-state index in [1.807, 2.05) is 53.4 Å². The summed E-state index contributed by atoms with van der Waals surface area (Å²) in [4.78, 5) is 11.4. The summed E-state index contributed by atoms with van der Waals surface area (Å²) < 4.78 is 1.08. The third-order valence-corrected chi connectivity index (χ3v) is 6.75. The van der Waals surface area contributed by atoms with E-state index in [9.17, 15) is 10.4 Å². The van der Waals surface area contributed by atoms with E-state index in [1.165, 1.54) is 24.2 Å². The number of thiazole rings is 1. The number of para-hydroxylation sites is 1. The number of aliphatic imine (C=N–C) groups is 1. The van der Waals surface area contributed by atoms with Crippen LogP contribution in [0.1, 0.15) is 36.8 Å². The highest BCUT2D eigenvalue weighted by atomic mass is 32.1. The molecule has 2 aromatic carbocycles. The number of benzene rings is 2. The fraction of sp³-hybridized carbons (Fsp3) is 0.292. The smallest absolute Gasteiger partial charge is 0.212 e. The summed E-state index contributed by atoms with van der Waals surface area (Å²) in [7, 11) is 0. The van der Waals surface area contributed by atoms with Gasteiger partial charge in [-0.25, -0.2) is 9.98 Å². The van der Waals surface area contributed by atoms with E-state index in [1.54, 1.807) is 0 Å². The van der Waals surface area contributed by atoms with E-state index >= 15 is 0 Å². The number of hydrogen-bond donors (Lipinski definition) is 2. The second kappa shape index (κ2) is 8.60. The van der Waals surface area contributed by atoms with Gasteiger partial charge in [0.1, 0.15) is 18.1 Å². The molecule has 0 radical (unpaired) electrons. The Kier molecular flexibility index (Phi) is 5.51. The monoisotopic (exact) mass is 429 g/mol. The Balaban J connectivity index is 1.55. The number of hydrogen-bond acceptors (Lipinski definition) is 6. The molecule has 156 valence electrons. The largest absolute Gasteiger partial charge is 0.373 e. The topological polar surface area (TPSA) is 84.5 Å². The Morgan fingerprint density at radius 1 is 1.06 bits per heavy atom. The number of nitriles is 1. The fourth-order valence-electron chi connectivity index (χ4n) is 4.23. The number of likely N-dealkylation sites (tertiary alicyclic amines) is 1. The molecule has 2 N–H and O–H groups in total. The lowest BCUT2D eigenvalue weighted by Crippen LogP contribution is -2.38. The second-order valence-corrected chi connectivity index (χ2v) is 8.83. The van der Waals surface area contributed by atoms with E-state index in [0.29, 0.717) is 22.2 Å². The van der Waals surface area contributed by atoms with Crippen LogP contribution in [0.2, 0.25) is 0 Å². The Labute approximate surface area is 185 Å². The van der Waals surface area contributed by atoms with Gasteiger partial charge >= 0.3 is 0 Å². The molecule has 0 amide bonds. The van der Waals surface area contributed by atoms with Crippen LogP contribution in [-0.2, 0) is 0 Å². The Morgan fingerprint density at radius 2 is 1.77 bits per heavy atom. The normalized spacial score (nSPS) is 20.7. The molecule has 0 saturated carbocycles. The number of fused-ring (bicyclic) bond motifs is 2. The maximum Gasteiger partial charge on any atom is 0.212 e. The lowest BCUT2D eigenvalue weighted by atomic mass is 10.0. The molecule has 1 atom stereocenters. The average molecular weight is 430 g/mol. The van der Waals surface area contributed by atoms with Gasteiger partial charge in [-0.3, -0.25) is 4.90 Å². The maximum absolute atomic E-state index is 11.1. The summed E-state index contributed by atoms with van der Waals surface area (Å²) in [5.41, 5.74) is 3.68. The number of nitrogens with one attached hydrogen (secondary N) is 1.